The summed E-state index contributed by atoms with van der Waals surface area (Å²) in [5, 5.41) is 7.62. The van der Waals surface area contributed by atoms with Crippen LogP contribution in [-0.2, 0) is 16.0 Å². The van der Waals surface area contributed by atoms with Crippen LogP contribution in [0.1, 0.15) is 43.6 Å². The molecule has 0 atom stereocenters. The Kier molecular flexibility index (Phi) is 8.21. The fourth-order valence-electron chi connectivity index (χ4n) is 3.57. The van der Waals surface area contributed by atoms with Crippen molar-refractivity contribution in [1.29, 1.82) is 0 Å². The third-order valence-electron chi connectivity index (χ3n) is 5.36. The molecule has 33 heavy (non-hydrogen) atoms. The lowest BCUT2D eigenvalue weighted by Crippen LogP contribution is -2.26. The molecule has 3 aromatic rings. The molecule has 0 saturated heterocycles. The van der Waals surface area contributed by atoms with Crippen molar-refractivity contribution in [1.82, 2.24) is 24.9 Å². The Morgan fingerprint density at radius 1 is 1.09 bits per heavy atom. The van der Waals surface area contributed by atoms with Gasteiger partial charge in [-0.05, 0) is 58.2 Å². The van der Waals surface area contributed by atoms with E-state index in [2.05, 4.69) is 20.4 Å². The number of benzene rings is 1. The average molecular weight is 456 g/mol. The molecule has 2 heterocycles. The van der Waals surface area contributed by atoms with Crippen molar-refractivity contribution in [3.8, 4) is 22.9 Å². The molecule has 1 amide bonds. The van der Waals surface area contributed by atoms with E-state index in [0.29, 0.717) is 49.1 Å². The molecule has 0 aliphatic heterocycles. The van der Waals surface area contributed by atoms with Crippen LogP contribution in [0.15, 0.2) is 18.2 Å². The van der Waals surface area contributed by atoms with Crippen LogP contribution < -0.4 is 14.8 Å². The standard InChI is InChI=1S/C24H33N5O4/c1-15(2)33-11-7-10-25-22(30)9-8-21-16(3)26-24-27-23(28-29(24)17(21)4)18-12-19(31-5)14-20(13-18)32-6/h12-15H,7-11H2,1-6H3,(H,25,30). The number of carbonyl (C=O) groups is 1. The number of hydrogen-bond donors (Lipinski definition) is 1. The molecule has 9 heteroatoms. The highest BCUT2D eigenvalue weighted by atomic mass is 16.5. The molecule has 0 aliphatic rings. The summed E-state index contributed by atoms with van der Waals surface area (Å²) in [7, 11) is 3.21. The molecule has 0 bridgehead atoms. The van der Waals surface area contributed by atoms with Crippen molar-refractivity contribution in [2.75, 3.05) is 27.4 Å². The van der Waals surface area contributed by atoms with E-state index >= 15 is 0 Å². The topological polar surface area (TPSA) is 99.9 Å². The largest absolute Gasteiger partial charge is 0.497 e. The van der Waals surface area contributed by atoms with E-state index in [9.17, 15) is 4.79 Å². The Labute approximate surface area is 194 Å². The van der Waals surface area contributed by atoms with Crippen LogP contribution in [0.3, 0.4) is 0 Å². The van der Waals surface area contributed by atoms with Gasteiger partial charge >= 0.3 is 0 Å². The van der Waals surface area contributed by atoms with Crippen molar-refractivity contribution >= 4 is 11.7 Å². The number of amides is 1. The highest BCUT2D eigenvalue weighted by Gasteiger charge is 2.16. The molecule has 9 nitrogen and oxygen atoms in total. The molecule has 0 saturated carbocycles. The van der Waals surface area contributed by atoms with Crippen LogP contribution in [-0.4, -0.2) is 59.0 Å². The van der Waals surface area contributed by atoms with Gasteiger partial charge in [0.05, 0.1) is 20.3 Å². The van der Waals surface area contributed by atoms with Crippen LogP contribution in [0, 0.1) is 13.8 Å². The van der Waals surface area contributed by atoms with Gasteiger partial charge in [0.25, 0.3) is 5.78 Å². The predicted octanol–water partition coefficient (Wildman–Crippen LogP) is 3.29. The van der Waals surface area contributed by atoms with Gasteiger partial charge in [0.1, 0.15) is 11.5 Å². The summed E-state index contributed by atoms with van der Waals surface area (Å²) in [4.78, 5) is 21.5. The third-order valence-corrected chi connectivity index (χ3v) is 5.36. The summed E-state index contributed by atoms with van der Waals surface area (Å²) >= 11 is 0. The normalized spacial score (nSPS) is 11.2. The highest BCUT2D eigenvalue weighted by molar-refractivity contribution is 5.76. The molecule has 0 unspecified atom stereocenters. The van der Waals surface area contributed by atoms with Gasteiger partial charge in [0.15, 0.2) is 5.82 Å². The lowest BCUT2D eigenvalue weighted by molar-refractivity contribution is -0.121. The SMILES string of the molecule is COc1cc(OC)cc(-c2nc3nc(C)c(CCC(=O)NCCCOC(C)C)c(C)n3n2)c1. The second-order valence-corrected chi connectivity index (χ2v) is 8.13. The molecule has 0 fully saturated rings. The summed E-state index contributed by atoms with van der Waals surface area (Å²) < 4.78 is 17.9. The molecule has 2 aromatic heterocycles. The van der Waals surface area contributed by atoms with E-state index in [-0.39, 0.29) is 12.0 Å². The second kappa shape index (κ2) is 11.1. The monoisotopic (exact) mass is 455 g/mol. The number of aromatic nitrogens is 4. The van der Waals surface area contributed by atoms with Gasteiger partial charge in [-0.15, -0.1) is 5.10 Å². The first-order chi connectivity index (χ1) is 15.8. The number of nitrogens with zero attached hydrogens (tertiary/aromatic N) is 4. The molecular formula is C24H33N5O4. The van der Waals surface area contributed by atoms with Crippen molar-refractivity contribution in [3.63, 3.8) is 0 Å². The van der Waals surface area contributed by atoms with Crippen molar-refractivity contribution in [2.45, 2.75) is 53.1 Å². The van der Waals surface area contributed by atoms with Crippen molar-refractivity contribution in [3.05, 3.63) is 35.2 Å². The number of aryl methyl sites for hydroxylation is 2. The zero-order valence-corrected chi connectivity index (χ0v) is 20.3. The van der Waals surface area contributed by atoms with Crippen LogP contribution in [0.2, 0.25) is 0 Å². The lowest BCUT2D eigenvalue weighted by atomic mass is 10.1. The minimum absolute atomic E-state index is 0.0150. The summed E-state index contributed by atoms with van der Waals surface area (Å²) in [5.41, 5.74) is 3.54. The van der Waals surface area contributed by atoms with E-state index in [1.165, 1.54) is 0 Å². The molecule has 0 spiro atoms. The average Bonchev–Trinajstić information content (AvgIpc) is 3.22. The zero-order valence-electron chi connectivity index (χ0n) is 20.3. The maximum absolute atomic E-state index is 12.3. The summed E-state index contributed by atoms with van der Waals surface area (Å²) in [6.07, 6.45) is 1.97. The Morgan fingerprint density at radius 2 is 1.79 bits per heavy atom. The van der Waals surface area contributed by atoms with E-state index in [1.807, 2.05) is 39.8 Å². The van der Waals surface area contributed by atoms with Gasteiger partial charge in [-0.1, -0.05) is 0 Å². The minimum atomic E-state index is 0.0150. The van der Waals surface area contributed by atoms with Gasteiger partial charge < -0.3 is 19.5 Å². The number of ether oxygens (including phenoxy) is 3. The number of fused-ring (bicyclic) bond motifs is 1. The Morgan fingerprint density at radius 3 is 2.42 bits per heavy atom. The number of hydrogen-bond acceptors (Lipinski definition) is 7. The van der Waals surface area contributed by atoms with Crippen LogP contribution in [0.5, 0.6) is 11.5 Å². The highest BCUT2D eigenvalue weighted by Crippen LogP contribution is 2.28. The first-order valence-electron chi connectivity index (χ1n) is 11.2. The molecule has 178 valence electrons. The van der Waals surface area contributed by atoms with E-state index in [1.54, 1.807) is 24.8 Å². The fraction of sp³-hybridized carbons (Fsp3) is 0.500. The van der Waals surface area contributed by atoms with Crippen LogP contribution in [0.4, 0.5) is 0 Å². The van der Waals surface area contributed by atoms with E-state index in [4.69, 9.17) is 14.2 Å². The van der Waals surface area contributed by atoms with Gasteiger partial charge in [0.2, 0.25) is 5.91 Å². The van der Waals surface area contributed by atoms with Gasteiger partial charge in [-0.3, -0.25) is 4.79 Å². The third kappa shape index (κ3) is 6.19. The van der Waals surface area contributed by atoms with Crippen LogP contribution in [0.25, 0.3) is 17.2 Å². The van der Waals surface area contributed by atoms with Gasteiger partial charge in [-0.25, -0.2) is 9.50 Å². The molecule has 1 N–H and O–H groups in total. The first-order valence-corrected chi connectivity index (χ1v) is 11.2. The second-order valence-electron chi connectivity index (χ2n) is 8.13. The Bertz CT molecular complexity index is 1090. The van der Waals surface area contributed by atoms with Crippen molar-refractivity contribution in [2.24, 2.45) is 0 Å². The molecule has 0 radical (unpaired) electrons. The fourth-order valence-corrected chi connectivity index (χ4v) is 3.57. The molecular weight excluding hydrogens is 422 g/mol. The smallest absolute Gasteiger partial charge is 0.253 e. The first kappa shape index (κ1) is 24.4. The molecule has 3 rings (SSSR count). The Balaban J connectivity index is 1.73. The number of rotatable bonds is 11. The van der Waals surface area contributed by atoms with Crippen LogP contribution >= 0.6 is 0 Å². The van der Waals surface area contributed by atoms with E-state index < -0.39 is 0 Å². The van der Waals surface area contributed by atoms with Gasteiger partial charge in [0, 0.05) is 42.6 Å². The van der Waals surface area contributed by atoms with Gasteiger partial charge in [-0.2, -0.15) is 4.98 Å². The summed E-state index contributed by atoms with van der Waals surface area (Å²) in [6, 6.07) is 5.52. The summed E-state index contributed by atoms with van der Waals surface area (Å²) in [5.74, 6) is 2.38. The Hall–Kier alpha value is -3.20. The maximum atomic E-state index is 12.3. The zero-order chi connectivity index (χ0) is 24.0. The summed E-state index contributed by atoms with van der Waals surface area (Å²) in [6.45, 7) is 9.16. The molecule has 1 aromatic carbocycles. The predicted molar refractivity (Wildman–Crippen MR) is 126 cm³/mol. The maximum Gasteiger partial charge on any atom is 0.253 e. The van der Waals surface area contributed by atoms with Crippen molar-refractivity contribution < 1.29 is 19.0 Å². The number of methoxy groups -OCH3 is 2. The minimum Gasteiger partial charge on any atom is -0.497 e. The quantitative estimate of drug-likeness (QED) is 0.443. The number of carbonyl (C=O) groups excluding carboxylic acids is 1. The molecule has 0 aliphatic carbocycles. The van der Waals surface area contributed by atoms with E-state index in [0.717, 1.165) is 28.9 Å². The lowest BCUT2D eigenvalue weighted by Gasteiger charge is -2.11. The number of nitrogens with one attached hydrogen (secondary N) is 1.